The van der Waals surface area contributed by atoms with Crippen molar-refractivity contribution in [3.05, 3.63) is 35.9 Å². The zero-order chi connectivity index (χ0) is 11.5. The maximum Gasteiger partial charge on any atom is 0.239 e. The molecule has 1 heterocycles. The molecule has 3 nitrogen and oxygen atoms in total. The van der Waals surface area contributed by atoms with Gasteiger partial charge in [-0.2, -0.15) is 0 Å². The Balaban J connectivity index is 2.06. The van der Waals surface area contributed by atoms with Crippen LogP contribution in [0, 0.1) is 0 Å². The zero-order valence-electron chi connectivity index (χ0n) is 9.81. The van der Waals surface area contributed by atoms with Gasteiger partial charge in [0.05, 0.1) is 6.04 Å². The second-order valence-electron chi connectivity index (χ2n) is 4.49. The topological polar surface area (TPSA) is 32.3 Å². The van der Waals surface area contributed by atoms with Gasteiger partial charge >= 0.3 is 0 Å². The summed E-state index contributed by atoms with van der Waals surface area (Å²) in [5, 5.41) is 3.25. The molecule has 86 valence electrons. The van der Waals surface area contributed by atoms with Crippen molar-refractivity contribution in [2.24, 2.45) is 0 Å². The van der Waals surface area contributed by atoms with Gasteiger partial charge < -0.3 is 10.2 Å². The van der Waals surface area contributed by atoms with E-state index in [0.29, 0.717) is 6.04 Å². The Morgan fingerprint density at radius 3 is 2.69 bits per heavy atom. The van der Waals surface area contributed by atoms with Crippen molar-refractivity contribution in [2.45, 2.75) is 32.5 Å². The molecule has 2 unspecified atom stereocenters. The predicted octanol–water partition coefficient (Wildman–Crippen LogP) is 1.40. The molecule has 2 atom stereocenters. The minimum absolute atomic E-state index is 0.0625. The van der Waals surface area contributed by atoms with Gasteiger partial charge in [-0.25, -0.2) is 0 Å². The van der Waals surface area contributed by atoms with Crippen molar-refractivity contribution >= 4 is 5.91 Å². The molecule has 0 spiro atoms. The quantitative estimate of drug-likeness (QED) is 0.813. The summed E-state index contributed by atoms with van der Waals surface area (Å²) in [6.45, 7) is 5.55. The Kier molecular flexibility index (Phi) is 3.25. The van der Waals surface area contributed by atoms with Crippen molar-refractivity contribution in [3.63, 3.8) is 0 Å². The monoisotopic (exact) mass is 218 g/mol. The highest BCUT2D eigenvalue weighted by Crippen LogP contribution is 2.11. The molecule has 0 aromatic heterocycles. The third-order valence-corrected chi connectivity index (χ3v) is 2.93. The van der Waals surface area contributed by atoms with Crippen molar-refractivity contribution in [1.29, 1.82) is 0 Å². The molecule has 0 bridgehead atoms. The summed E-state index contributed by atoms with van der Waals surface area (Å²) in [5.74, 6) is 0.196. The van der Waals surface area contributed by atoms with Gasteiger partial charge in [-0.1, -0.05) is 30.3 Å². The van der Waals surface area contributed by atoms with E-state index in [2.05, 4.69) is 24.4 Å². The highest BCUT2D eigenvalue weighted by atomic mass is 16.2. The average molecular weight is 218 g/mol. The number of hydrogen-bond donors (Lipinski definition) is 1. The second kappa shape index (κ2) is 4.66. The number of benzene rings is 1. The van der Waals surface area contributed by atoms with Gasteiger partial charge in [-0.05, 0) is 19.4 Å². The van der Waals surface area contributed by atoms with Gasteiger partial charge in [0, 0.05) is 19.1 Å². The van der Waals surface area contributed by atoms with Crippen LogP contribution >= 0.6 is 0 Å². The maximum atomic E-state index is 11.9. The molecule has 0 aliphatic carbocycles. The van der Waals surface area contributed by atoms with Crippen LogP contribution in [0.25, 0.3) is 0 Å². The molecule has 1 aliphatic heterocycles. The molecule has 16 heavy (non-hydrogen) atoms. The second-order valence-corrected chi connectivity index (χ2v) is 4.49. The van der Waals surface area contributed by atoms with Gasteiger partial charge in [0.25, 0.3) is 0 Å². The molecule has 1 amide bonds. The maximum absolute atomic E-state index is 11.9. The largest absolute Gasteiger partial charge is 0.335 e. The Morgan fingerprint density at radius 1 is 1.31 bits per heavy atom. The molecular formula is C13H18N2O. The minimum Gasteiger partial charge on any atom is -0.335 e. The van der Waals surface area contributed by atoms with Crippen LogP contribution in [-0.2, 0) is 11.3 Å². The lowest BCUT2D eigenvalue weighted by Crippen LogP contribution is -2.57. The molecule has 0 radical (unpaired) electrons. The molecule has 1 aromatic carbocycles. The summed E-state index contributed by atoms with van der Waals surface area (Å²) in [4.78, 5) is 13.9. The number of hydrogen-bond acceptors (Lipinski definition) is 2. The third kappa shape index (κ3) is 2.42. The van der Waals surface area contributed by atoms with Crippen molar-refractivity contribution < 1.29 is 4.79 Å². The first-order valence-electron chi connectivity index (χ1n) is 5.75. The molecule has 1 aliphatic rings. The van der Waals surface area contributed by atoms with Crippen LogP contribution in [-0.4, -0.2) is 29.4 Å². The lowest BCUT2D eigenvalue weighted by Gasteiger charge is -2.35. The van der Waals surface area contributed by atoms with E-state index in [0.717, 1.165) is 13.1 Å². The van der Waals surface area contributed by atoms with E-state index in [1.807, 2.05) is 30.0 Å². The Hall–Kier alpha value is -1.35. The number of carbonyl (C=O) groups excluding carboxylic acids is 1. The standard InChI is InChI=1S/C13H18N2O/c1-10-8-15(13(16)11(2)14-10)9-12-6-4-3-5-7-12/h3-7,10-11,14H,8-9H2,1-2H3. The van der Waals surface area contributed by atoms with E-state index in [1.54, 1.807) is 0 Å². The number of nitrogens with one attached hydrogen (secondary N) is 1. The number of piperazine rings is 1. The summed E-state index contributed by atoms with van der Waals surface area (Å²) in [6, 6.07) is 10.4. The average Bonchev–Trinajstić information content (AvgIpc) is 2.27. The van der Waals surface area contributed by atoms with E-state index >= 15 is 0 Å². The molecule has 1 fully saturated rings. The van der Waals surface area contributed by atoms with E-state index in [4.69, 9.17) is 0 Å². The fraction of sp³-hybridized carbons (Fsp3) is 0.462. The summed E-state index contributed by atoms with van der Waals surface area (Å²) >= 11 is 0. The molecule has 1 N–H and O–H groups in total. The van der Waals surface area contributed by atoms with E-state index in [-0.39, 0.29) is 11.9 Å². The number of carbonyl (C=O) groups is 1. The van der Waals surface area contributed by atoms with Crippen LogP contribution in [0.1, 0.15) is 19.4 Å². The summed E-state index contributed by atoms with van der Waals surface area (Å²) in [7, 11) is 0. The van der Waals surface area contributed by atoms with E-state index in [9.17, 15) is 4.79 Å². The van der Waals surface area contributed by atoms with Gasteiger partial charge in [-0.15, -0.1) is 0 Å². The van der Waals surface area contributed by atoms with Gasteiger partial charge in [0.2, 0.25) is 5.91 Å². The summed E-state index contributed by atoms with van der Waals surface area (Å²) < 4.78 is 0. The molecule has 0 saturated carbocycles. The minimum atomic E-state index is -0.0625. The van der Waals surface area contributed by atoms with Gasteiger partial charge in [0.1, 0.15) is 0 Å². The van der Waals surface area contributed by atoms with E-state index < -0.39 is 0 Å². The highest BCUT2D eigenvalue weighted by molar-refractivity contribution is 5.82. The normalized spacial score (nSPS) is 25.9. The molecule has 2 rings (SSSR count). The third-order valence-electron chi connectivity index (χ3n) is 2.93. The number of nitrogens with zero attached hydrogens (tertiary/aromatic N) is 1. The van der Waals surface area contributed by atoms with Crippen LogP contribution in [0.2, 0.25) is 0 Å². The Morgan fingerprint density at radius 2 is 2.00 bits per heavy atom. The van der Waals surface area contributed by atoms with Crippen LogP contribution < -0.4 is 5.32 Å². The first-order chi connectivity index (χ1) is 7.66. The Bertz CT molecular complexity index is 363. The van der Waals surface area contributed by atoms with Gasteiger partial charge in [-0.3, -0.25) is 4.79 Å². The lowest BCUT2D eigenvalue weighted by atomic mass is 10.1. The van der Waals surface area contributed by atoms with Crippen molar-refractivity contribution in [2.75, 3.05) is 6.54 Å². The predicted molar refractivity (Wildman–Crippen MR) is 63.9 cm³/mol. The number of rotatable bonds is 2. The molecule has 1 aromatic rings. The SMILES string of the molecule is CC1CN(Cc2ccccc2)C(=O)C(C)N1. The zero-order valence-corrected chi connectivity index (χ0v) is 9.81. The van der Waals surface area contributed by atoms with Crippen LogP contribution in [0.4, 0.5) is 0 Å². The van der Waals surface area contributed by atoms with E-state index in [1.165, 1.54) is 5.56 Å². The molecule has 1 saturated heterocycles. The lowest BCUT2D eigenvalue weighted by molar-refractivity contribution is -0.136. The summed E-state index contributed by atoms with van der Waals surface area (Å²) in [6.07, 6.45) is 0. The first kappa shape index (κ1) is 11.1. The smallest absolute Gasteiger partial charge is 0.239 e. The fourth-order valence-electron chi connectivity index (χ4n) is 2.19. The van der Waals surface area contributed by atoms with Crippen LogP contribution in [0.3, 0.4) is 0 Å². The number of amides is 1. The molecule has 3 heteroatoms. The fourth-order valence-corrected chi connectivity index (χ4v) is 2.19. The van der Waals surface area contributed by atoms with Crippen molar-refractivity contribution in [1.82, 2.24) is 10.2 Å². The Labute approximate surface area is 96.5 Å². The molecular weight excluding hydrogens is 200 g/mol. The van der Waals surface area contributed by atoms with Crippen molar-refractivity contribution in [3.8, 4) is 0 Å². The van der Waals surface area contributed by atoms with Crippen LogP contribution in [0.5, 0.6) is 0 Å². The van der Waals surface area contributed by atoms with Gasteiger partial charge in [0.15, 0.2) is 0 Å². The van der Waals surface area contributed by atoms with Crippen LogP contribution in [0.15, 0.2) is 30.3 Å². The summed E-state index contributed by atoms with van der Waals surface area (Å²) in [5.41, 5.74) is 1.19. The first-order valence-corrected chi connectivity index (χ1v) is 5.75. The highest BCUT2D eigenvalue weighted by Gasteiger charge is 2.28.